The van der Waals surface area contributed by atoms with Gasteiger partial charge in [-0.15, -0.1) is 11.3 Å². The maximum atomic E-state index is 14.0. The smallest absolute Gasteiger partial charge is 0.252 e. The molecule has 1 atom stereocenters. The highest BCUT2D eigenvalue weighted by molar-refractivity contribution is 7.91. The number of hydrogen-bond acceptors (Lipinski definition) is 8. The van der Waals surface area contributed by atoms with Gasteiger partial charge in [-0.1, -0.05) is 35.1 Å². The molecule has 5 rings (SSSR count). The number of sulfonamides is 1. The first-order chi connectivity index (χ1) is 17.4. The Morgan fingerprint density at radius 2 is 2.11 bits per heavy atom. The number of nitrogens with zero attached hydrogens (tertiary/aromatic N) is 4. The van der Waals surface area contributed by atoms with Crippen molar-refractivity contribution in [3.8, 4) is 5.75 Å². The summed E-state index contributed by atoms with van der Waals surface area (Å²) < 4.78 is 34.1. The number of aromatic nitrogens is 2. The van der Waals surface area contributed by atoms with Gasteiger partial charge in [-0.05, 0) is 48.6 Å². The first-order valence-electron chi connectivity index (χ1n) is 11.3. The van der Waals surface area contributed by atoms with Crippen LogP contribution in [0.1, 0.15) is 18.5 Å². The fourth-order valence-corrected chi connectivity index (χ4v) is 8.16. The maximum absolute atomic E-state index is 14.0. The van der Waals surface area contributed by atoms with Crippen molar-refractivity contribution >= 4 is 65.6 Å². The molecule has 8 nitrogen and oxygen atoms in total. The largest absolute Gasteiger partial charge is 0.494 e. The lowest BCUT2D eigenvalue weighted by atomic mass is 9.98. The highest BCUT2D eigenvalue weighted by Gasteiger charge is 2.37. The predicted molar refractivity (Wildman–Crippen MR) is 142 cm³/mol. The number of carbonyl (C=O) groups is 1. The SMILES string of the molecule is COc1ccc(Cl)c2sc(N(Cc3ccccn3)C(=O)C3CCCN(S(=O)(=O)c4cccs4)C3)nc12. The molecule has 1 saturated heterocycles. The highest BCUT2D eigenvalue weighted by Crippen LogP contribution is 2.40. The molecular formula is C24H23ClN4O4S3. The van der Waals surface area contributed by atoms with Crippen molar-refractivity contribution in [1.82, 2.24) is 14.3 Å². The molecule has 3 aromatic heterocycles. The van der Waals surface area contributed by atoms with Crippen LogP contribution in [0.5, 0.6) is 5.75 Å². The van der Waals surface area contributed by atoms with Gasteiger partial charge in [0.05, 0.1) is 35.0 Å². The molecular weight excluding hydrogens is 540 g/mol. The summed E-state index contributed by atoms with van der Waals surface area (Å²) in [4.78, 5) is 24.7. The molecule has 0 bridgehead atoms. The van der Waals surface area contributed by atoms with Gasteiger partial charge in [0, 0.05) is 19.3 Å². The van der Waals surface area contributed by atoms with E-state index in [0.29, 0.717) is 46.5 Å². The van der Waals surface area contributed by atoms with Crippen molar-refractivity contribution in [1.29, 1.82) is 0 Å². The lowest BCUT2D eigenvalue weighted by Gasteiger charge is -2.33. The Bertz CT molecular complexity index is 1480. The average molecular weight is 563 g/mol. The molecule has 0 saturated carbocycles. The summed E-state index contributed by atoms with van der Waals surface area (Å²) in [6.07, 6.45) is 2.85. The number of halogens is 1. The van der Waals surface area contributed by atoms with Crippen LogP contribution in [-0.2, 0) is 21.4 Å². The van der Waals surface area contributed by atoms with Crippen molar-refractivity contribution < 1.29 is 17.9 Å². The van der Waals surface area contributed by atoms with E-state index in [9.17, 15) is 13.2 Å². The number of ether oxygens (including phenoxy) is 1. The number of thiophene rings is 1. The summed E-state index contributed by atoms with van der Waals surface area (Å²) in [7, 11) is -2.09. The molecule has 1 aliphatic rings. The Labute approximate surface area is 222 Å². The zero-order chi connectivity index (χ0) is 25.3. The quantitative estimate of drug-likeness (QED) is 0.313. The summed E-state index contributed by atoms with van der Waals surface area (Å²) in [6, 6.07) is 12.3. The van der Waals surface area contributed by atoms with E-state index in [2.05, 4.69) is 4.98 Å². The minimum Gasteiger partial charge on any atom is -0.494 e. The Balaban J connectivity index is 1.49. The predicted octanol–water partition coefficient (Wildman–Crippen LogP) is 5.05. The summed E-state index contributed by atoms with van der Waals surface area (Å²) >= 11 is 8.92. The maximum Gasteiger partial charge on any atom is 0.252 e. The lowest BCUT2D eigenvalue weighted by Crippen LogP contribution is -2.46. The van der Waals surface area contributed by atoms with Crippen molar-refractivity contribution in [2.75, 3.05) is 25.1 Å². The molecule has 12 heteroatoms. The number of carbonyl (C=O) groups excluding carboxylic acids is 1. The Kier molecular flexibility index (Phi) is 7.27. The van der Waals surface area contributed by atoms with E-state index in [0.717, 1.165) is 4.70 Å². The Hall–Kier alpha value is -2.57. The third-order valence-corrected chi connectivity index (χ3v) is 10.8. The second kappa shape index (κ2) is 10.4. The van der Waals surface area contributed by atoms with Crippen molar-refractivity contribution in [3.05, 3.63) is 64.8 Å². The summed E-state index contributed by atoms with van der Waals surface area (Å²) in [6.45, 7) is 0.707. The fourth-order valence-electron chi connectivity index (χ4n) is 4.24. The first kappa shape index (κ1) is 25.1. The molecule has 1 fully saturated rings. The Morgan fingerprint density at radius 1 is 1.25 bits per heavy atom. The number of benzene rings is 1. The van der Waals surface area contributed by atoms with Gasteiger partial charge in [0.1, 0.15) is 15.5 Å². The fraction of sp³-hybridized carbons (Fsp3) is 0.292. The van der Waals surface area contributed by atoms with E-state index < -0.39 is 15.9 Å². The molecule has 36 heavy (non-hydrogen) atoms. The van der Waals surface area contributed by atoms with E-state index in [1.54, 1.807) is 47.9 Å². The molecule has 0 N–H and O–H groups in total. The second-order valence-corrected chi connectivity index (χ2v) is 12.8. The molecule has 1 aliphatic heterocycles. The highest BCUT2D eigenvalue weighted by atomic mass is 35.5. The third kappa shape index (κ3) is 4.85. The van der Waals surface area contributed by atoms with Gasteiger partial charge < -0.3 is 4.74 Å². The number of pyridine rings is 1. The molecule has 4 aromatic rings. The number of piperidine rings is 1. The van der Waals surface area contributed by atoms with Crippen molar-refractivity contribution in [3.63, 3.8) is 0 Å². The normalized spacial score (nSPS) is 16.8. The van der Waals surface area contributed by atoms with Crippen LogP contribution in [0.15, 0.2) is 58.3 Å². The monoisotopic (exact) mass is 562 g/mol. The van der Waals surface area contributed by atoms with Crippen LogP contribution in [0, 0.1) is 5.92 Å². The number of hydrogen-bond donors (Lipinski definition) is 0. The van der Waals surface area contributed by atoms with E-state index in [1.165, 1.54) is 27.0 Å². The van der Waals surface area contributed by atoms with Gasteiger partial charge >= 0.3 is 0 Å². The third-order valence-electron chi connectivity index (χ3n) is 6.03. The number of methoxy groups -OCH3 is 1. The number of anilines is 1. The standard InChI is InChI=1S/C24H23ClN4O4S3/c1-33-19-10-9-18(25)22-21(19)27-24(35-22)29(15-17-7-2-3-11-26-17)23(30)16-6-4-12-28(14-16)36(31,32)20-8-5-13-34-20/h2-3,5,7-11,13,16H,4,6,12,14-15H2,1H3. The van der Waals surface area contributed by atoms with E-state index in [-0.39, 0.29) is 23.2 Å². The van der Waals surface area contributed by atoms with Gasteiger partial charge in [-0.3, -0.25) is 14.7 Å². The molecule has 188 valence electrons. The molecule has 0 spiro atoms. The second-order valence-electron chi connectivity index (χ2n) is 8.30. The van der Waals surface area contributed by atoms with Crippen LogP contribution in [0.25, 0.3) is 10.2 Å². The molecule has 0 radical (unpaired) electrons. The zero-order valence-electron chi connectivity index (χ0n) is 19.3. The van der Waals surface area contributed by atoms with Gasteiger partial charge in [-0.2, -0.15) is 4.31 Å². The minimum absolute atomic E-state index is 0.118. The lowest BCUT2D eigenvalue weighted by molar-refractivity contribution is -0.123. The van der Waals surface area contributed by atoms with Crippen molar-refractivity contribution in [2.24, 2.45) is 5.92 Å². The molecule has 4 heterocycles. The van der Waals surface area contributed by atoms with Crippen LogP contribution >= 0.6 is 34.3 Å². The number of rotatable bonds is 7. The van der Waals surface area contributed by atoms with E-state index in [1.807, 2.05) is 18.2 Å². The zero-order valence-corrected chi connectivity index (χ0v) is 22.5. The molecule has 1 unspecified atom stereocenters. The number of fused-ring (bicyclic) bond motifs is 1. The van der Waals surface area contributed by atoms with Crippen LogP contribution in [-0.4, -0.2) is 48.8 Å². The van der Waals surface area contributed by atoms with Crippen molar-refractivity contribution in [2.45, 2.75) is 23.6 Å². The Morgan fingerprint density at radius 3 is 2.83 bits per heavy atom. The number of thiazole rings is 1. The molecule has 1 aromatic carbocycles. The van der Waals surface area contributed by atoms with Crippen LogP contribution < -0.4 is 9.64 Å². The summed E-state index contributed by atoms with van der Waals surface area (Å²) in [5.74, 6) is -0.143. The van der Waals surface area contributed by atoms with E-state index in [4.69, 9.17) is 21.3 Å². The topological polar surface area (TPSA) is 92.7 Å². The first-order valence-corrected chi connectivity index (χ1v) is 14.8. The van der Waals surface area contributed by atoms with Crippen LogP contribution in [0.3, 0.4) is 0 Å². The van der Waals surface area contributed by atoms with Crippen LogP contribution in [0.4, 0.5) is 5.13 Å². The molecule has 1 amide bonds. The molecule has 0 aliphatic carbocycles. The van der Waals surface area contributed by atoms with Gasteiger partial charge in [0.15, 0.2) is 5.13 Å². The van der Waals surface area contributed by atoms with E-state index >= 15 is 0 Å². The number of amides is 1. The van der Waals surface area contributed by atoms with Gasteiger partial charge in [0.25, 0.3) is 10.0 Å². The summed E-state index contributed by atoms with van der Waals surface area (Å²) in [5.41, 5.74) is 1.27. The van der Waals surface area contributed by atoms with Gasteiger partial charge in [0.2, 0.25) is 5.91 Å². The van der Waals surface area contributed by atoms with Gasteiger partial charge in [-0.25, -0.2) is 13.4 Å². The minimum atomic E-state index is -3.65. The summed E-state index contributed by atoms with van der Waals surface area (Å²) in [5, 5.41) is 2.72. The van der Waals surface area contributed by atoms with Crippen LogP contribution in [0.2, 0.25) is 5.02 Å². The average Bonchev–Trinajstić information content (AvgIpc) is 3.60.